The molecule has 0 saturated heterocycles. The first kappa shape index (κ1) is 18.2. The molecule has 3 rings (SSSR count). The number of nitrogens with zero attached hydrogens (tertiary/aromatic N) is 4. The van der Waals surface area contributed by atoms with Gasteiger partial charge in [-0.2, -0.15) is 0 Å². The number of ether oxygens (including phenoxy) is 1. The van der Waals surface area contributed by atoms with Crippen molar-refractivity contribution in [3.05, 3.63) is 59.3 Å². The van der Waals surface area contributed by atoms with Gasteiger partial charge in [-0.25, -0.2) is 14.3 Å². The molecule has 0 fully saturated rings. The van der Waals surface area contributed by atoms with Crippen molar-refractivity contribution in [2.45, 2.75) is 6.54 Å². The lowest BCUT2D eigenvalue weighted by molar-refractivity contribution is 0.251. The summed E-state index contributed by atoms with van der Waals surface area (Å²) in [5.74, 6) is 1.08. The van der Waals surface area contributed by atoms with E-state index < -0.39 is 6.03 Å². The number of methoxy groups -OCH3 is 1. The summed E-state index contributed by atoms with van der Waals surface area (Å²) in [5, 5.41) is 9.73. The molecule has 9 nitrogen and oxygen atoms in total. The predicted molar refractivity (Wildman–Crippen MR) is 101 cm³/mol. The smallest absolute Gasteiger partial charge is 0.345 e. The first-order valence-corrected chi connectivity index (χ1v) is 8.32. The van der Waals surface area contributed by atoms with Crippen molar-refractivity contribution in [1.82, 2.24) is 24.6 Å². The second-order valence-corrected chi connectivity index (χ2v) is 5.71. The average molecular weight is 368 g/mol. The van der Waals surface area contributed by atoms with Gasteiger partial charge in [-0.1, -0.05) is 12.1 Å². The Hall–Kier alpha value is -3.62. The molecule has 2 amide bonds. The number of amides is 2. The second-order valence-electron chi connectivity index (χ2n) is 5.71. The number of benzene rings is 1. The molecule has 1 aromatic carbocycles. The van der Waals surface area contributed by atoms with Gasteiger partial charge >= 0.3 is 11.7 Å². The van der Waals surface area contributed by atoms with E-state index >= 15 is 0 Å². The number of urea groups is 1. The summed E-state index contributed by atoms with van der Waals surface area (Å²) in [6, 6.07) is 10.3. The zero-order valence-corrected chi connectivity index (χ0v) is 15.0. The molecule has 9 heteroatoms. The minimum Gasteiger partial charge on any atom is -0.495 e. The van der Waals surface area contributed by atoms with Crippen LogP contribution < -0.4 is 21.1 Å². The molecule has 2 N–H and O–H groups in total. The average Bonchev–Trinajstić information content (AvgIpc) is 2.98. The van der Waals surface area contributed by atoms with Crippen molar-refractivity contribution in [2.75, 3.05) is 19.0 Å². The van der Waals surface area contributed by atoms with Gasteiger partial charge in [-0.05, 0) is 24.3 Å². The number of carbonyl (C=O) groups is 1. The molecular weight excluding hydrogens is 348 g/mol. The van der Waals surface area contributed by atoms with E-state index in [0.717, 1.165) is 5.56 Å². The van der Waals surface area contributed by atoms with Gasteiger partial charge in [-0.15, -0.1) is 5.10 Å². The van der Waals surface area contributed by atoms with Crippen LogP contribution in [0.15, 0.2) is 53.6 Å². The molecule has 2 heterocycles. The Balaban J connectivity index is 1.61. The molecular formula is C18H20N6O3. The fourth-order valence-electron chi connectivity index (χ4n) is 2.57. The molecule has 0 unspecified atom stereocenters. The lowest BCUT2D eigenvalue weighted by atomic mass is 10.3. The second kappa shape index (κ2) is 8.17. The fourth-order valence-corrected chi connectivity index (χ4v) is 2.57. The molecule has 0 spiro atoms. The Morgan fingerprint density at radius 1 is 1.22 bits per heavy atom. The van der Waals surface area contributed by atoms with E-state index in [1.165, 1.54) is 16.4 Å². The largest absolute Gasteiger partial charge is 0.495 e. The first-order valence-electron chi connectivity index (χ1n) is 8.32. The van der Waals surface area contributed by atoms with Gasteiger partial charge in [0.15, 0.2) is 5.82 Å². The zero-order chi connectivity index (χ0) is 19.2. The highest BCUT2D eigenvalue weighted by Crippen LogP contribution is 2.22. The van der Waals surface area contributed by atoms with Gasteiger partial charge in [-0.3, -0.25) is 9.55 Å². The number of hydrogen-bond acceptors (Lipinski definition) is 5. The quantitative estimate of drug-likeness (QED) is 0.686. The molecule has 27 heavy (non-hydrogen) atoms. The summed E-state index contributed by atoms with van der Waals surface area (Å²) in [7, 11) is 3.18. The molecule has 3 aromatic rings. The molecule has 2 aromatic heterocycles. The van der Waals surface area contributed by atoms with Crippen LogP contribution in [-0.2, 0) is 13.6 Å². The van der Waals surface area contributed by atoms with E-state index in [-0.39, 0.29) is 18.8 Å². The number of nitrogens with one attached hydrogen (secondary N) is 2. The van der Waals surface area contributed by atoms with E-state index in [4.69, 9.17) is 4.74 Å². The summed E-state index contributed by atoms with van der Waals surface area (Å²) in [5.41, 5.74) is 1.05. The van der Waals surface area contributed by atoms with Crippen LogP contribution in [0.1, 0.15) is 0 Å². The Morgan fingerprint density at radius 3 is 2.78 bits per heavy atom. The maximum Gasteiger partial charge on any atom is 0.345 e. The Labute approximate surface area is 155 Å². The van der Waals surface area contributed by atoms with E-state index in [9.17, 15) is 9.59 Å². The number of pyridine rings is 1. The van der Waals surface area contributed by atoms with Crippen molar-refractivity contribution in [3.63, 3.8) is 0 Å². The minimum absolute atomic E-state index is 0.240. The highest BCUT2D eigenvalue weighted by atomic mass is 16.5. The monoisotopic (exact) mass is 368 g/mol. The van der Waals surface area contributed by atoms with Crippen LogP contribution in [0.3, 0.4) is 0 Å². The normalized spacial score (nSPS) is 10.4. The van der Waals surface area contributed by atoms with E-state index in [1.807, 2.05) is 12.1 Å². The SMILES string of the molecule is COc1ccccc1NC(=O)NCCn1nc(-c2cccnc2)n(C)c1=O. The fraction of sp³-hybridized carbons (Fsp3) is 0.222. The van der Waals surface area contributed by atoms with Crippen LogP contribution in [-0.4, -0.2) is 39.0 Å². The lowest BCUT2D eigenvalue weighted by Gasteiger charge is -2.10. The number of para-hydroxylation sites is 2. The van der Waals surface area contributed by atoms with Gasteiger partial charge in [0, 0.05) is 31.5 Å². The van der Waals surface area contributed by atoms with Crippen molar-refractivity contribution in [3.8, 4) is 17.1 Å². The molecule has 0 atom stereocenters. The Morgan fingerprint density at radius 2 is 2.04 bits per heavy atom. The van der Waals surface area contributed by atoms with E-state index in [1.54, 1.807) is 43.7 Å². The van der Waals surface area contributed by atoms with Crippen molar-refractivity contribution < 1.29 is 9.53 Å². The van der Waals surface area contributed by atoms with Gasteiger partial charge in [0.25, 0.3) is 0 Å². The lowest BCUT2D eigenvalue weighted by Crippen LogP contribution is -2.34. The molecule has 0 saturated carbocycles. The topological polar surface area (TPSA) is 103 Å². The molecule has 0 radical (unpaired) electrons. The van der Waals surface area contributed by atoms with Crippen molar-refractivity contribution >= 4 is 11.7 Å². The van der Waals surface area contributed by atoms with Crippen LogP contribution in [0.4, 0.5) is 10.5 Å². The van der Waals surface area contributed by atoms with E-state index in [0.29, 0.717) is 17.3 Å². The van der Waals surface area contributed by atoms with Crippen LogP contribution in [0, 0.1) is 0 Å². The van der Waals surface area contributed by atoms with Gasteiger partial charge in [0.1, 0.15) is 5.75 Å². The van der Waals surface area contributed by atoms with Crippen molar-refractivity contribution in [2.24, 2.45) is 7.05 Å². The molecule has 0 bridgehead atoms. The predicted octanol–water partition coefficient (Wildman–Crippen LogP) is 1.47. The maximum absolute atomic E-state index is 12.3. The number of hydrogen-bond donors (Lipinski definition) is 2. The number of aromatic nitrogens is 4. The Kier molecular flexibility index (Phi) is 5.50. The van der Waals surface area contributed by atoms with E-state index in [2.05, 4.69) is 20.7 Å². The summed E-state index contributed by atoms with van der Waals surface area (Å²) >= 11 is 0. The van der Waals surface area contributed by atoms with Gasteiger partial charge < -0.3 is 15.4 Å². The third-order valence-electron chi connectivity index (χ3n) is 3.92. The summed E-state index contributed by atoms with van der Waals surface area (Å²) in [4.78, 5) is 28.4. The zero-order valence-electron chi connectivity index (χ0n) is 15.0. The third-order valence-corrected chi connectivity index (χ3v) is 3.92. The molecule has 0 aliphatic heterocycles. The highest BCUT2D eigenvalue weighted by molar-refractivity contribution is 5.90. The minimum atomic E-state index is -0.393. The summed E-state index contributed by atoms with van der Waals surface area (Å²) < 4.78 is 7.95. The van der Waals surface area contributed by atoms with Crippen LogP contribution >= 0.6 is 0 Å². The molecule has 140 valence electrons. The number of rotatable bonds is 6. The van der Waals surface area contributed by atoms with Crippen LogP contribution in [0.2, 0.25) is 0 Å². The maximum atomic E-state index is 12.3. The molecule has 0 aliphatic rings. The number of carbonyl (C=O) groups excluding carboxylic acids is 1. The Bertz CT molecular complexity index is 980. The van der Waals surface area contributed by atoms with Gasteiger partial charge in [0.2, 0.25) is 0 Å². The van der Waals surface area contributed by atoms with Crippen LogP contribution in [0.25, 0.3) is 11.4 Å². The third kappa shape index (κ3) is 4.14. The standard InChI is InChI=1S/C18H20N6O3/c1-23-16(13-6-5-9-19-12-13)22-24(18(23)26)11-10-20-17(25)21-14-7-3-4-8-15(14)27-2/h3-9,12H,10-11H2,1-2H3,(H2,20,21,25). The molecule has 0 aliphatic carbocycles. The summed E-state index contributed by atoms with van der Waals surface area (Å²) in [6.07, 6.45) is 3.30. The first-order chi connectivity index (χ1) is 13.1. The van der Waals surface area contributed by atoms with Crippen LogP contribution in [0.5, 0.6) is 5.75 Å². The highest BCUT2D eigenvalue weighted by Gasteiger charge is 2.12. The van der Waals surface area contributed by atoms with Gasteiger partial charge in [0.05, 0.1) is 19.3 Å². The van der Waals surface area contributed by atoms with Crippen molar-refractivity contribution in [1.29, 1.82) is 0 Å². The number of anilines is 1. The summed E-state index contributed by atoms with van der Waals surface area (Å²) in [6.45, 7) is 0.483.